The predicted octanol–water partition coefficient (Wildman–Crippen LogP) is 4.78. The molecule has 0 bridgehead atoms. The lowest BCUT2D eigenvalue weighted by atomic mass is 9.93. The fraction of sp³-hybridized carbons (Fsp3) is 0.333. The molecule has 1 aliphatic rings. The summed E-state index contributed by atoms with van der Waals surface area (Å²) in [6.45, 7) is 4.92. The van der Waals surface area contributed by atoms with Crippen LogP contribution in [0, 0.1) is 0 Å². The first-order valence-electron chi connectivity index (χ1n) is 10.5. The van der Waals surface area contributed by atoms with Crippen molar-refractivity contribution in [2.24, 2.45) is 0 Å². The molecule has 1 atom stereocenters. The number of para-hydroxylation sites is 1. The summed E-state index contributed by atoms with van der Waals surface area (Å²) in [5.41, 5.74) is 4.13. The number of urea groups is 1. The summed E-state index contributed by atoms with van der Waals surface area (Å²) in [6, 6.07) is 18.0. The summed E-state index contributed by atoms with van der Waals surface area (Å²) in [7, 11) is 0. The molecule has 3 N–H and O–H groups in total. The summed E-state index contributed by atoms with van der Waals surface area (Å²) >= 11 is 0. The van der Waals surface area contributed by atoms with Crippen LogP contribution < -0.4 is 10.6 Å². The topological polar surface area (TPSA) is 77.2 Å². The number of piperidine rings is 1. The number of likely N-dealkylation sites (tertiary alicyclic amines) is 1. The third kappa shape index (κ3) is 4.48. The van der Waals surface area contributed by atoms with Gasteiger partial charge in [-0.05, 0) is 55.0 Å². The lowest BCUT2D eigenvalue weighted by Gasteiger charge is -2.32. The van der Waals surface area contributed by atoms with Gasteiger partial charge >= 0.3 is 6.03 Å². The molecule has 2 heterocycles. The van der Waals surface area contributed by atoms with Gasteiger partial charge in [-0.25, -0.2) is 4.79 Å². The van der Waals surface area contributed by atoms with Gasteiger partial charge in [0.15, 0.2) is 0 Å². The molecule has 3 aromatic rings. The van der Waals surface area contributed by atoms with Crippen molar-refractivity contribution in [3.8, 4) is 0 Å². The minimum atomic E-state index is -0.141. The number of hydrogen-bond donors (Lipinski definition) is 3. The third-order valence-corrected chi connectivity index (χ3v) is 5.82. The van der Waals surface area contributed by atoms with E-state index < -0.39 is 0 Å². The average molecular weight is 405 g/mol. The molecule has 1 unspecified atom stereocenters. The highest BCUT2D eigenvalue weighted by Crippen LogP contribution is 2.30. The van der Waals surface area contributed by atoms with Crippen LogP contribution in [0.25, 0.3) is 10.9 Å². The zero-order valence-corrected chi connectivity index (χ0v) is 17.4. The number of hydrogen-bond acceptors (Lipinski definition) is 2. The van der Waals surface area contributed by atoms with Crippen LogP contribution in [-0.4, -0.2) is 34.9 Å². The van der Waals surface area contributed by atoms with Crippen LogP contribution in [0.3, 0.4) is 0 Å². The Kier molecular flexibility index (Phi) is 5.74. The van der Waals surface area contributed by atoms with E-state index in [1.54, 1.807) is 0 Å². The van der Waals surface area contributed by atoms with Crippen molar-refractivity contribution in [3.05, 3.63) is 65.9 Å². The molecule has 6 heteroatoms. The Morgan fingerprint density at radius 3 is 2.57 bits per heavy atom. The van der Waals surface area contributed by atoms with Crippen LogP contribution in [0.5, 0.6) is 0 Å². The standard InChI is InChI=1S/C24H28N4O2/c1-16(19-7-5-8-21(14-19)26-17(2)29)25-24(30)28-12-10-18(11-13-28)23-15-20-6-3-4-9-22(20)27-23/h3-9,14-16,18,27H,10-13H2,1-2H3,(H,25,30)(H,26,29). The van der Waals surface area contributed by atoms with Crippen LogP contribution in [-0.2, 0) is 4.79 Å². The fourth-order valence-corrected chi connectivity index (χ4v) is 4.16. The highest BCUT2D eigenvalue weighted by atomic mass is 16.2. The molecular weight excluding hydrogens is 376 g/mol. The second-order valence-corrected chi connectivity index (χ2v) is 8.05. The van der Waals surface area contributed by atoms with Gasteiger partial charge in [-0.2, -0.15) is 0 Å². The first-order chi connectivity index (χ1) is 14.5. The van der Waals surface area contributed by atoms with E-state index in [0.29, 0.717) is 5.92 Å². The van der Waals surface area contributed by atoms with Crippen molar-refractivity contribution < 1.29 is 9.59 Å². The number of benzene rings is 2. The Morgan fingerprint density at radius 1 is 1.07 bits per heavy atom. The largest absolute Gasteiger partial charge is 0.358 e. The van der Waals surface area contributed by atoms with Crippen molar-refractivity contribution in [1.82, 2.24) is 15.2 Å². The molecule has 6 nitrogen and oxygen atoms in total. The normalized spacial score (nSPS) is 15.7. The first kappa shape index (κ1) is 20.0. The highest BCUT2D eigenvalue weighted by molar-refractivity contribution is 5.88. The van der Waals surface area contributed by atoms with E-state index in [1.165, 1.54) is 23.5 Å². The summed E-state index contributed by atoms with van der Waals surface area (Å²) in [4.78, 5) is 29.5. The smallest absolute Gasteiger partial charge is 0.317 e. The summed E-state index contributed by atoms with van der Waals surface area (Å²) in [6.07, 6.45) is 1.90. The van der Waals surface area contributed by atoms with Crippen LogP contribution in [0.1, 0.15) is 49.9 Å². The molecule has 2 aromatic carbocycles. The van der Waals surface area contributed by atoms with E-state index in [0.717, 1.165) is 37.2 Å². The van der Waals surface area contributed by atoms with Gasteiger partial charge in [0.1, 0.15) is 0 Å². The number of rotatable bonds is 4. The van der Waals surface area contributed by atoms with Gasteiger partial charge in [-0.15, -0.1) is 0 Å². The first-order valence-corrected chi connectivity index (χ1v) is 10.5. The van der Waals surface area contributed by atoms with Gasteiger partial charge in [-0.1, -0.05) is 30.3 Å². The Bertz CT molecular complexity index is 1020. The summed E-state index contributed by atoms with van der Waals surface area (Å²) < 4.78 is 0. The number of carbonyl (C=O) groups is 2. The fourth-order valence-electron chi connectivity index (χ4n) is 4.16. The molecule has 1 aromatic heterocycles. The minimum absolute atomic E-state index is 0.0393. The van der Waals surface area contributed by atoms with Gasteiger partial charge in [0.2, 0.25) is 5.91 Å². The highest BCUT2D eigenvalue weighted by Gasteiger charge is 2.25. The van der Waals surface area contributed by atoms with Crippen LogP contribution in [0.4, 0.5) is 10.5 Å². The molecule has 30 heavy (non-hydrogen) atoms. The summed E-state index contributed by atoms with van der Waals surface area (Å²) in [5.74, 6) is 0.342. The number of anilines is 1. The average Bonchev–Trinajstić information content (AvgIpc) is 3.18. The van der Waals surface area contributed by atoms with E-state index in [-0.39, 0.29) is 18.0 Å². The quantitative estimate of drug-likeness (QED) is 0.585. The Hall–Kier alpha value is -3.28. The van der Waals surface area contributed by atoms with E-state index in [9.17, 15) is 9.59 Å². The van der Waals surface area contributed by atoms with Gasteiger partial charge in [0, 0.05) is 42.8 Å². The van der Waals surface area contributed by atoms with E-state index in [1.807, 2.05) is 42.2 Å². The Balaban J connectivity index is 1.33. The number of H-pyrrole nitrogens is 1. The molecule has 1 fully saturated rings. The second-order valence-electron chi connectivity index (χ2n) is 8.05. The monoisotopic (exact) mass is 404 g/mol. The van der Waals surface area contributed by atoms with Gasteiger partial charge in [0.05, 0.1) is 6.04 Å². The zero-order valence-electron chi connectivity index (χ0n) is 17.4. The third-order valence-electron chi connectivity index (χ3n) is 5.82. The molecule has 1 saturated heterocycles. The molecular formula is C24H28N4O2. The summed E-state index contributed by atoms with van der Waals surface area (Å²) in [5, 5.41) is 7.11. The maximum absolute atomic E-state index is 12.8. The number of aromatic nitrogens is 1. The minimum Gasteiger partial charge on any atom is -0.358 e. The number of fused-ring (bicyclic) bond motifs is 1. The number of carbonyl (C=O) groups excluding carboxylic acids is 2. The van der Waals surface area contributed by atoms with Crippen molar-refractivity contribution >= 4 is 28.5 Å². The van der Waals surface area contributed by atoms with Crippen molar-refractivity contribution in [2.75, 3.05) is 18.4 Å². The lowest BCUT2D eigenvalue weighted by molar-refractivity contribution is -0.114. The number of nitrogens with zero attached hydrogens (tertiary/aromatic N) is 1. The van der Waals surface area contributed by atoms with Gasteiger partial charge in [0.25, 0.3) is 0 Å². The lowest BCUT2D eigenvalue weighted by Crippen LogP contribution is -2.44. The molecule has 1 aliphatic heterocycles. The Labute approximate surface area is 176 Å². The molecule has 0 saturated carbocycles. The number of nitrogens with one attached hydrogen (secondary N) is 3. The maximum atomic E-state index is 12.8. The molecule has 156 valence electrons. The molecule has 4 rings (SSSR count). The van der Waals surface area contributed by atoms with Crippen molar-refractivity contribution in [2.45, 2.75) is 38.6 Å². The predicted molar refractivity (Wildman–Crippen MR) is 120 cm³/mol. The van der Waals surface area contributed by atoms with Crippen LogP contribution in [0.2, 0.25) is 0 Å². The van der Waals surface area contributed by atoms with Crippen molar-refractivity contribution in [3.63, 3.8) is 0 Å². The SMILES string of the molecule is CC(=O)Nc1cccc(C(C)NC(=O)N2CCC(c3cc4ccccc4[nH]3)CC2)c1. The van der Waals surface area contributed by atoms with Crippen LogP contribution in [0.15, 0.2) is 54.6 Å². The second kappa shape index (κ2) is 8.61. The van der Waals surface area contributed by atoms with E-state index in [4.69, 9.17) is 0 Å². The van der Waals surface area contributed by atoms with E-state index >= 15 is 0 Å². The molecule has 0 radical (unpaired) electrons. The van der Waals surface area contributed by atoms with E-state index in [2.05, 4.69) is 39.9 Å². The maximum Gasteiger partial charge on any atom is 0.317 e. The molecule has 0 aliphatic carbocycles. The van der Waals surface area contributed by atoms with Gasteiger partial charge in [-0.3, -0.25) is 4.79 Å². The number of amides is 3. The molecule has 0 spiro atoms. The van der Waals surface area contributed by atoms with Crippen LogP contribution >= 0.6 is 0 Å². The van der Waals surface area contributed by atoms with Gasteiger partial charge < -0.3 is 20.5 Å². The Morgan fingerprint density at radius 2 is 1.83 bits per heavy atom. The number of aromatic amines is 1. The molecule has 3 amide bonds. The van der Waals surface area contributed by atoms with Crippen molar-refractivity contribution in [1.29, 1.82) is 0 Å². The zero-order chi connectivity index (χ0) is 21.1.